The number of rotatable bonds is 21. The maximum absolute atomic E-state index is 15.1. The topological polar surface area (TPSA) is 208 Å². The third kappa shape index (κ3) is 11.9. The number of aliphatic hydroxyl groups excluding tert-OH is 1. The van der Waals surface area contributed by atoms with E-state index in [1.54, 1.807) is 79.0 Å². The van der Waals surface area contributed by atoms with Gasteiger partial charge in [0.25, 0.3) is 5.88 Å². The number of hydrogen-bond donors (Lipinski definition) is 3. The number of alkyl halides is 2. The van der Waals surface area contributed by atoms with Crippen molar-refractivity contribution < 1.29 is 46.5 Å². The second-order valence-corrected chi connectivity index (χ2v) is 19.0. The Balaban J connectivity index is 0.680. The molecule has 18 nitrogen and oxygen atoms in total. The van der Waals surface area contributed by atoms with Crippen LogP contribution in [-0.2, 0) is 38.8 Å². The van der Waals surface area contributed by atoms with Crippen molar-refractivity contribution in [2.75, 3.05) is 26.3 Å². The van der Waals surface area contributed by atoms with E-state index < -0.39 is 72.4 Å². The molecule has 4 fully saturated rings. The molecule has 4 aromatic heterocycles. The van der Waals surface area contributed by atoms with Gasteiger partial charge < -0.3 is 30.1 Å². The third-order valence-electron chi connectivity index (χ3n) is 13.6. The summed E-state index contributed by atoms with van der Waals surface area (Å²) in [7, 11) is 0. The van der Waals surface area contributed by atoms with Crippen LogP contribution < -0.4 is 15.4 Å². The van der Waals surface area contributed by atoms with Crippen LogP contribution in [0.5, 0.6) is 5.88 Å². The molecule has 7 atom stereocenters. The molecule has 10 rings (SSSR count). The van der Waals surface area contributed by atoms with Gasteiger partial charge in [0.15, 0.2) is 0 Å². The van der Waals surface area contributed by atoms with Gasteiger partial charge in [-0.2, -0.15) is 8.78 Å². The molecule has 6 aromatic rings. The molecule has 3 N–H and O–H groups in total. The van der Waals surface area contributed by atoms with E-state index >= 15 is 8.78 Å². The Labute approximate surface area is 417 Å². The summed E-state index contributed by atoms with van der Waals surface area (Å²) in [4.78, 5) is 52.1. The maximum Gasteiger partial charge on any atom is 0.253 e. The van der Waals surface area contributed by atoms with Gasteiger partial charge in [0, 0.05) is 30.5 Å². The van der Waals surface area contributed by atoms with Crippen molar-refractivity contribution in [3.05, 3.63) is 149 Å². The number of nitrogens with one attached hydrogen (secondary N) is 2. The minimum Gasteiger partial charge on any atom is -0.473 e. The van der Waals surface area contributed by atoms with E-state index in [0.29, 0.717) is 33.6 Å². The lowest BCUT2D eigenvalue weighted by Crippen LogP contribution is -2.50. The van der Waals surface area contributed by atoms with E-state index in [4.69, 9.17) is 9.47 Å². The Morgan fingerprint density at radius 2 is 1.25 bits per heavy atom. The van der Waals surface area contributed by atoms with Gasteiger partial charge in [-0.3, -0.25) is 19.3 Å². The molecule has 2 saturated heterocycles. The molecule has 382 valence electrons. The number of halogens is 4. The monoisotopic (exact) mass is 1010 g/mol. The first kappa shape index (κ1) is 49.4. The third-order valence-corrected chi connectivity index (χ3v) is 13.6. The van der Waals surface area contributed by atoms with E-state index in [2.05, 4.69) is 41.2 Å². The highest BCUT2D eigenvalue weighted by molar-refractivity contribution is 5.89. The predicted molar refractivity (Wildman–Crippen MR) is 251 cm³/mol. The van der Waals surface area contributed by atoms with Gasteiger partial charge in [-0.25, -0.2) is 28.1 Å². The van der Waals surface area contributed by atoms with Gasteiger partial charge in [0.2, 0.25) is 29.6 Å². The maximum atomic E-state index is 15.1. The van der Waals surface area contributed by atoms with Gasteiger partial charge in [0.05, 0.1) is 68.2 Å². The van der Waals surface area contributed by atoms with E-state index in [1.165, 1.54) is 25.4 Å². The van der Waals surface area contributed by atoms with Crippen molar-refractivity contribution in [3.8, 4) is 5.88 Å². The number of likely N-dealkylation sites (tertiary alicyclic amines) is 2. The largest absolute Gasteiger partial charge is 0.473 e. The van der Waals surface area contributed by atoms with Crippen molar-refractivity contribution >= 4 is 17.7 Å². The Morgan fingerprint density at radius 1 is 0.685 bits per heavy atom. The summed E-state index contributed by atoms with van der Waals surface area (Å²) in [6.45, 7) is -0.842. The molecule has 2 aromatic carbocycles. The second-order valence-electron chi connectivity index (χ2n) is 19.0. The molecule has 1 unspecified atom stereocenters. The number of aromatic nitrogens is 8. The van der Waals surface area contributed by atoms with Crippen LogP contribution in [0.15, 0.2) is 97.3 Å². The fourth-order valence-corrected chi connectivity index (χ4v) is 9.57. The highest BCUT2D eigenvalue weighted by Crippen LogP contribution is 2.42. The van der Waals surface area contributed by atoms with Gasteiger partial charge in [-0.05, 0) is 60.8 Å². The number of ether oxygens (including phenoxy) is 2. The number of pyridine rings is 2. The first-order valence-electron chi connectivity index (χ1n) is 24.5. The van der Waals surface area contributed by atoms with Crippen molar-refractivity contribution in [3.63, 3.8) is 0 Å². The van der Waals surface area contributed by atoms with E-state index in [0.717, 1.165) is 25.7 Å². The average Bonchev–Trinajstić information content (AvgIpc) is 4.23. The number of benzene rings is 2. The highest BCUT2D eigenvalue weighted by Gasteiger charge is 2.43. The zero-order chi connectivity index (χ0) is 50.6. The molecule has 2 aliphatic heterocycles. The molecule has 2 saturated carbocycles. The Hall–Kier alpha value is -7.17. The predicted octanol–water partition coefficient (Wildman–Crippen LogP) is 4.77. The fourth-order valence-electron chi connectivity index (χ4n) is 9.57. The van der Waals surface area contributed by atoms with Crippen molar-refractivity contribution in [2.45, 2.75) is 113 Å². The molecule has 0 spiro atoms. The minimum atomic E-state index is -1.45. The smallest absolute Gasteiger partial charge is 0.253 e. The summed E-state index contributed by atoms with van der Waals surface area (Å²) in [6, 6.07) is 20.9. The number of amides is 3. The summed E-state index contributed by atoms with van der Waals surface area (Å²) in [5.74, 6) is -2.51. The molecule has 3 amide bonds. The Morgan fingerprint density at radius 3 is 1.84 bits per heavy atom. The van der Waals surface area contributed by atoms with Crippen LogP contribution in [0.1, 0.15) is 102 Å². The van der Waals surface area contributed by atoms with Gasteiger partial charge in [-0.1, -0.05) is 88.3 Å². The van der Waals surface area contributed by atoms with E-state index in [-0.39, 0.29) is 82.3 Å². The number of carbonyl (C=O) groups excluding carboxylic acids is 3. The molecule has 6 heterocycles. The van der Waals surface area contributed by atoms with Crippen LogP contribution >= 0.6 is 0 Å². The summed E-state index contributed by atoms with van der Waals surface area (Å²) in [5, 5.41) is 33.2. The summed E-state index contributed by atoms with van der Waals surface area (Å²) < 4.78 is 73.9. The molecule has 2 aliphatic carbocycles. The van der Waals surface area contributed by atoms with Crippen LogP contribution in [0.2, 0.25) is 0 Å². The molecule has 73 heavy (non-hydrogen) atoms. The Kier molecular flexibility index (Phi) is 14.8. The molecule has 22 heteroatoms. The summed E-state index contributed by atoms with van der Waals surface area (Å²) >= 11 is 0. The molecule has 4 aliphatic rings. The summed E-state index contributed by atoms with van der Waals surface area (Å²) in [5.41, 5.74) is 3.40. The molecular weight excluding hydrogens is 953 g/mol. The van der Waals surface area contributed by atoms with Crippen molar-refractivity contribution in [1.29, 1.82) is 0 Å². The number of aliphatic hydroxyl groups is 1. The van der Waals surface area contributed by atoms with Crippen LogP contribution in [-0.4, -0.2) is 130 Å². The number of nitrogens with zero attached hydrogens (tertiary/aromatic N) is 10. The van der Waals surface area contributed by atoms with Crippen molar-refractivity contribution in [1.82, 2.24) is 60.4 Å². The fraction of sp³-hybridized carbons (Fsp3) is 0.431. The highest BCUT2D eigenvalue weighted by atomic mass is 19.1. The average molecular weight is 1010 g/mol. The SMILES string of the molecule is O=C(N[C@@H](c1ccccc1)c1ccc(C2CC2)c(F)n1)[C@@H]1C[C@@H](F)CN1C(=O)Cn1cc(OCCOCc2cn(CC(O)N3C[C@H](F)C[C@H]3C(=O)N[C@@H](c3ccccc3)c3ccc(C4CC4)c(F)n3)nn2)nn1. The van der Waals surface area contributed by atoms with Crippen LogP contribution in [0.4, 0.5) is 17.6 Å². The van der Waals surface area contributed by atoms with Crippen LogP contribution in [0.25, 0.3) is 0 Å². The van der Waals surface area contributed by atoms with Gasteiger partial charge >= 0.3 is 0 Å². The normalized spacial score (nSPS) is 21.2. The van der Waals surface area contributed by atoms with Gasteiger partial charge in [0.1, 0.15) is 43.5 Å². The quantitative estimate of drug-likeness (QED) is 0.0506. The lowest BCUT2D eigenvalue weighted by atomic mass is 10.0. The molecular formula is C51H54F4N12O6. The molecule has 0 bridgehead atoms. The molecule has 0 radical (unpaired) electrons. The summed E-state index contributed by atoms with van der Waals surface area (Å²) in [6.07, 6.45) is 2.02. The zero-order valence-corrected chi connectivity index (χ0v) is 39.6. The minimum absolute atomic E-state index is 0.0193. The lowest BCUT2D eigenvalue weighted by Gasteiger charge is -2.29. The van der Waals surface area contributed by atoms with E-state index in [9.17, 15) is 28.3 Å². The first-order chi connectivity index (χ1) is 35.4. The Bertz CT molecular complexity index is 2890. The van der Waals surface area contributed by atoms with Crippen LogP contribution in [0, 0.1) is 11.9 Å². The standard InChI is InChI=1S/C51H54F4N12O6/c52-34-21-41(50(70)58-46(32-7-3-1-4-8-32)39-17-15-37(30-11-12-30)48(54)56-39)66(23-34)44(68)27-64-25-36(60-62-64)29-72-19-20-73-43-26-65(63-61-43)28-45(69)67-24-35(53)22-42(67)51(71)59-47(33-9-5-2-6-10-33)40-18-16-38(31-13-14-31)49(55)57-40/h1-10,15-18,25-26,30-31,34-35,41-42,44,46-47,68H,11-14,19-24,27-29H2,(H,58,70)(H,59,71)/t34-,35-,41+,42+,44?,46+,47+/m1/s1. The van der Waals surface area contributed by atoms with Crippen molar-refractivity contribution in [2.24, 2.45) is 0 Å². The number of hydrogen-bond acceptors (Lipinski definition) is 13. The number of carbonyl (C=O) groups is 3. The zero-order valence-electron chi connectivity index (χ0n) is 39.6. The van der Waals surface area contributed by atoms with E-state index in [1.807, 2.05) is 12.1 Å². The van der Waals surface area contributed by atoms with Gasteiger partial charge in [-0.15, -0.1) is 5.10 Å². The first-order valence-corrected chi connectivity index (χ1v) is 24.5. The second kappa shape index (κ2) is 21.9. The van der Waals surface area contributed by atoms with Crippen LogP contribution in [0.3, 0.4) is 0 Å². The lowest BCUT2D eigenvalue weighted by molar-refractivity contribution is -0.139.